The molecule has 0 aliphatic rings. The molecule has 0 unspecified atom stereocenters. The Morgan fingerprint density at radius 1 is 1.31 bits per heavy atom. The Morgan fingerprint density at radius 3 is 2.54 bits per heavy atom. The van der Waals surface area contributed by atoms with Gasteiger partial charge in [0.05, 0.1) is 17.4 Å². The maximum atomic E-state index is 11.5. The molecule has 0 radical (unpaired) electrons. The summed E-state index contributed by atoms with van der Waals surface area (Å²) in [6, 6.07) is 9.49. The van der Waals surface area contributed by atoms with Gasteiger partial charge in [-0.05, 0) is 19.1 Å². The lowest BCUT2D eigenvalue weighted by Gasteiger charge is -1.96. The summed E-state index contributed by atoms with van der Waals surface area (Å²) >= 11 is 1.18. The summed E-state index contributed by atoms with van der Waals surface area (Å²) in [5.74, 6) is 0. The lowest BCUT2D eigenvalue weighted by atomic mass is 10.3. The quantitative estimate of drug-likeness (QED) is 0.688. The Bertz CT molecular complexity index is 458. The summed E-state index contributed by atoms with van der Waals surface area (Å²) in [7, 11) is 0. The summed E-state index contributed by atoms with van der Waals surface area (Å²) in [4.78, 5) is 11.5. The van der Waals surface area contributed by atoms with E-state index in [1.807, 2.05) is 30.3 Å². The molecule has 0 aliphatic heterocycles. The molecule has 0 amide bonds. The molecule has 2 rings (SSSR count). The van der Waals surface area contributed by atoms with Crippen LogP contribution in [0.3, 0.4) is 0 Å². The van der Waals surface area contributed by atoms with Gasteiger partial charge in [-0.2, -0.15) is 4.37 Å². The van der Waals surface area contributed by atoms with Gasteiger partial charge < -0.3 is 0 Å². The Kier molecular flexibility index (Phi) is 1.98. The highest BCUT2D eigenvalue weighted by Crippen LogP contribution is 2.06. The molecule has 0 fully saturated rings. The van der Waals surface area contributed by atoms with Crippen LogP contribution in [-0.2, 0) is 0 Å². The number of rotatable bonds is 1. The third-order valence-electron chi connectivity index (χ3n) is 1.74. The molecule has 1 aromatic heterocycles. The summed E-state index contributed by atoms with van der Waals surface area (Å²) in [6.45, 7) is 1.72. The predicted molar refractivity (Wildman–Crippen MR) is 52.4 cm³/mol. The number of benzene rings is 1. The fourth-order valence-corrected chi connectivity index (χ4v) is 1.76. The molecule has 3 nitrogen and oxygen atoms in total. The minimum Gasteiger partial charge on any atom is -0.266 e. The van der Waals surface area contributed by atoms with Gasteiger partial charge in [-0.1, -0.05) is 18.2 Å². The van der Waals surface area contributed by atoms with Gasteiger partial charge in [-0.15, -0.1) is 0 Å². The molecule has 4 heteroatoms. The molecule has 0 saturated heterocycles. The van der Waals surface area contributed by atoms with Crippen molar-refractivity contribution in [2.24, 2.45) is 0 Å². The second kappa shape index (κ2) is 3.14. The van der Waals surface area contributed by atoms with E-state index in [0.717, 1.165) is 5.69 Å². The molecule has 1 heterocycles. The topological polar surface area (TPSA) is 34.9 Å². The fraction of sp³-hybridized carbons (Fsp3) is 0.111. The van der Waals surface area contributed by atoms with Crippen LogP contribution in [-0.4, -0.2) is 8.33 Å². The highest BCUT2D eigenvalue weighted by Gasteiger charge is 2.04. The van der Waals surface area contributed by atoms with Crippen LogP contribution in [0.5, 0.6) is 0 Å². The van der Waals surface area contributed by atoms with Gasteiger partial charge in [0.15, 0.2) is 0 Å². The smallest absolute Gasteiger partial charge is 0.266 e. The van der Waals surface area contributed by atoms with Gasteiger partial charge >= 0.3 is 0 Å². The predicted octanol–water partition coefficient (Wildman–Crippen LogP) is 1.60. The van der Waals surface area contributed by atoms with Gasteiger partial charge in [0.2, 0.25) is 0 Å². The first-order valence-electron chi connectivity index (χ1n) is 3.90. The third-order valence-corrected chi connectivity index (χ3v) is 2.64. The summed E-state index contributed by atoms with van der Waals surface area (Å²) in [5.41, 5.74) is 1.39. The SMILES string of the molecule is Cc1nsn(-c2ccccc2)c1=O. The molecule has 0 N–H and O–H groups in total. The molecule has 0 atom stereocenters. The van der Waals surface area contributed by atoms with Crippen molar-refractivity contribution in [2.45, 2.75) is 6.92 Å². The van der Waals surface area contributed by atoms with E-state index in [0.29, 0.717) is 5.69 Å². The molecule has 0 aliphatic carbocycles. The highest BCUT2D eigenvalue weighted by molar-refractivity contribution is 7.00. The Hall–Kier alpha value is -1.42. The third kappa shape index (κ3) is 1.40. The van der Waals surface area contributed by atoms with Crippen molar-refractivity contribution in [1.82, 2.24) is 8.33 Å². The van der Waals surface area contributed by atoms with Gasteiger partial charge in [-0.25, -0.2) is 3.96 Å². The van der Waals surface area contributed by atoms with Gasteiger partial charge in [-0.3, -0.25) is 4.79 Å². The lowest BCUT2D eigenvalue weighted by Crippen LogP contribution is -2.12. The molecule has 1 aromatic carbocycles. The Balaban J connectivity index is 2.60. The first-order chi connectivity index (χ1) is 6.29. The average molecular weight is 192 g/mol. The van der Waals surface area contributed by atoms with Crippen molar-refractivity contribution >= 4 is 11.7 Å². The van der Waals surface area contributed by atoms with E-state index in [1.54, 1.807) is 10.9 Å². The van der Waals surface area contributed by atoms with Crippen molar-refractivity contribution in [3.05, 3.63) is 46.4 Å². The zero-order valence-electron chi connectivity index (χ0n) is 7.10. The van der Waals surface area contributed by atoms with Gasteiger partial charge in [0.25, 0.3) is 5.56 Å². The van der Waals surface area contributed by atoms with Crippen LogP contribution in [0.2, 0.25) is 0 Å². The van der Waals surface area contributed by atoms with Crippen LogP contribution in [0, 0.1) is 6.92 Å². The molecule has 0 bridgehead atoms. The molecule has 13 heavy (non-hydrogen) atoms. The maximum absolute atomic E-state index is 11.5. The first-order valence-corrected chi connectivity index (χ1v) is 4.63. The molecule has 0 saturated carbocycles. The monoisotopic (exact) mass is 192 g/mol. The average Bonchev–Trinajstić information content (AvgIpc) is 2.49. The van der Waals surface area contributed by atoms with E-state index in [1.165, 1.54) is 11.7 Å². The van der Waals surface area contributed by atoms with Crippen molar-refractivity contribution in [3.8, 4) is 5.69 Å². The van der Waals surface area contributed by atoms with Crippen molar-refractivity contribution in [2.75, 3.05) is 0 Å². The minimum atomic E-state index is -0.0313. The van der Waals surface area contributed by atoms with E-state index in [-0.39, 0.29) is 5.56 Å². The summed E-state index contributed by atoms with van der Waals surface area (Å²) < 4.78 is 5.56. The van der Waals surface area contributed by atoms with Crippen LogP contribution in [0.25, 0.3) is 5.69 Å². The zero-order chi connectivity index (χ0) is 9.26. The largest absolute Gasteiger partial charge is 0.288 e. The highest BCUT2D eigenvalue weighted by atomic mass is 32.1. The molecule has 66 valence electrons. The number of aryl methyl sites for hydroxylation is 1. The Labute approximate surface area is 79.6 Å². The second-order valence-corrected chi connectivity index (χ2v) is 3.40. The molecule has 2 aromatic rings. The Morgan fingerprint density at radius 2 is 2.00 bits per heavy atom. The van der Waals surface area contributed by atoms with E-state index < -0.39 is 0 Å². The standard InChI is InChI=1S/C9H8N2OS/c1-7-9(12)11(13-10-7)8-5-3-2-4-6-8/h2-6H,1H3. The van der Waals surface area contributed by atoms with Crippen molar-refractivity contribution in [3.63, 3.8) is 0 Å². The van der Waals surface area contributed by atoms with Crippen molar-refractivity contribution in [1.29, 1.82) is 0 Å². The number of aromatic nitrogens is 2. The van der Waals surface area contributed by atoms with Crippen LogP contribution in [0.15, 0.2) is 35.1 Å². The second-order valence-electron chi connectivity index (χ2n) is 2.69. The molecule has 0 spiro atoms. The van der Waals surface area contributed by atoms with E-state index in [9.17, 15) is 4.79 Å². The fourth-order valence-electron chi connectivity index (χ4n) is 1.05. The van der Waals surface area contributed by atoms with E-state index in [4.69, 9.17) is 0 Å². The minimum absolute atomic E-state index is 0.0313. The summed E-state index contributed by atoms with van der Waals surface area (Å²) in [6.07, 6.45) is 0. The van der Waals surface area contributed by atoms with Crippen molar-refractivity contribution < 1.29 is 0 Å². The first kappa shape index (κ1) is 8.19. The van der Waals surface area contributed by atoms with E-state index in [2.05, 4.69) is 4.37 Å². The number of nitrogens with zero attached hydrogens (tertiary/aromatic N) is 2. The van der Waals surface area contributed by atoms with Crippen LogP contribution >= 0.6 is 11.7 Å². The number of hydrogen-bond acceptors (Lipinski definition) is 3. The van der Waals surface area contributed by atoms with Crippen LogP contribution < -0.4 is 5.56 Å². The zero-order valence-corrected chi connectivity index (χ0v) is 7.91. The number of hydrogen-bond donors (Lipinski definition) is 0. The molecular formula is C9H8N2OS. The lowest BCUT2D eigenvalue weighted by molar-refractivity contribution is 1.10. The van der Waals surface area contributed by atoms with Crippen LogP contribution in [0.1, 0.15) is 5.69 Å². The van der Waals surface area contributed by atoms with Gasteiger partial charge in [0.1, 0.15) is 5.69 Å². The van der Waals surface area contributed by atoms with Gasteiger partial charge in [0, 0.05) is 0 Å². The normalized spacial score (nSPS) is 10.2. The van der Waals surface area contributed by atoms with Crippen LogP contribution in [0.4, 0.5) is 0 Å². The van der Waals surface area contributed by atoms with E-state index >= 15 is 0 Å². The summed E-state index contributed by atoms with van der Waals surface area (Å²) in [5, 5.41) is 0. The number of para-hydroxylation sites is 1. The maximum Gasteiger partial charge on any atom is 0.288 e. The molecular weight excluding hydrogens is 184 g/mol.